The zero-order chi connectivity index (χ0) is 43.7. The molecule has 60 heavy (non-hydrogen) atoms. The number of hydrogen-bond acceptors (Lipinski definition) is 6. The minimum atomic E-state index is -0.837. The minimum Gasteiger partial charge on any atom is -0.462 e. The molecule has 0 bridgehead atoms. The van der Waals surface area contributed by atoms with E-state index in [9.17, 15) is 14.4 Å². The molecule has 0 aliphatic carbocycles. The molecule has 6 nitrogen and oxygen atoms in total. The van der Waals surface area contributed by atoms with E-state index in [1.807, 2.05) is 128 Å². The van der Waals surface area contributed by atoms with Crippen LogP contribution < -0.4 is 0 Å². The van der Waals surface area contributed by atoms with E-state index in [-0.39, 0.29) is 38.0 Å². The summed E-state index contributed by atoms with van der Waals surface area (Å²) in [4.78, 5) is 37.7. The third-order valence-corrected chi connectivity index (χ3v) is 8.91. The van der Waals surface area contributed by atoms with E-state index in [2.05, 4.69) is 39.0 Å². The summed E-state index contributed by atoms with van der Waals surface area (Å²) in [7, 11) is 0. The van der Waals surface area contributed by atoms with Gasteiger partial charge in [0.25, 0.3) is 0 Å². The second-order valence-corrected chi connectivity index (χ2v) is 14.5. The van der Waals surface area contributed by atoms with Gasteiger partial charge in [0.2, 0.25) is 0 Å². The highest BCUT2D eigenvalue weighted by molar-refractivity contribution is 5.71. The molecule has 0 amide bonds. The second-order valence-electron chi connectivity index (χ2n) is 14.5. The first-order valence-electron chi connectivity index (χ1n) is 23.0. The lowest BCUT2D eigenvalue weighted by atomic mass is 10.1. The standard InChI is InChI=1S/C54H80O6/c1-4-7-10-13-16-19-22-24-25-26-27-28-29-31-32-35-38-41-44-47-53(56)59-50-51(49-58-52(55)46-43-40-37-34-21-18-15-12-9-6-3)60-54(57)48-45-42-39-36-33-30-23-20-17-14-11-8-5-2/h7-8,10-11,13-14,16-17,19-20,22-33,36,39,51H,4-6,9,12,15,18,21,34-35,37-38,40-50H2,1-3H3/b10-7-,11-8-,16-13-,17-14-,22-19-,23-20-,25-24-,27-26+,29-28-,32-31-,33-30-,39-36-. The number of esters is 3. The molecule has 0 heterocycles. The Morgan fingerprint density at radius 1 is 0.350 bits per heavy atom. The van der Waals surface area contributed by atoms with Crippen molar-refractivity contribution in [3.8, 4) is 0 Å². The lowest BCUT2D eigenvalue weighted by Gasteiger charge is -2.18. The van der Waals surface area contributed by atoms with E-state index >= 15 is 0 Å². The molecule has 0 radical (unpaired) electrons. The Kier molecular flexibility index (Phi) is 43.3. The highest BCUT2D eigenvalue weighted by atomic mass is 16.6. The predicted octanol–water partition coefficient (Wildman–Crippen LogP) is 14.9. The molecule has 0 spiro atoms. The molecule has 0 aliphatic rings. The van der Waals surface area contributed by atoms with E-state index in [1.165, 1.54) is 44.9 Å². The molecular weight excluding hydrogens is 745 g/mol. The Labute approximate surface area is 366 Å². The third-order valence-electron chi connectivity index (χ3n) is 8.91. The van der Waals surface area contributed by atoms with Gasteiger partial charge in [-0.05, 0) is 51.4 Å². The molecule has 6 heteroatoms. The third kappa shape index (κ3) is 44.4. The van der Waals surface area contributed by atoms with Gasteiger partial charge in [0.1, 0.15) is 13.2 Å². The van der Waals surface area contributed by atoms with Gasteiger partial charge < -0.3 is 14.2 Å². The Morgan fingerprint density at radius 3 is 1.07 bits per heavy atom. The summed E-state index contributed by atoms with van der Waals surface area (Å²) < 4.78 is 16.6. The van der Waals surface area contributed by atoms with E-state index in [0.717, 1.165) is 57.8 Å². The Bertz CT molecular complexity index is 1410. The van der Waals surface area contributed by atoms with Crippen LogP contribution in [0.4, 0.5) is 0 Å². The van der Waals surface area contributed by atoms with Gasteiger partial charge >= 0.3 is 17.9 Å². The van der Waals surface area contributed by atoms with Crippen LogP contribution in [-0.4, -0.2) is 37.2 Å². The smallest absolute Gasteiger partial charge is 0.306 e. The maximum atomic E-state index is 12.7. The second kappa shape index (κ2) is 47.0. The molecule has 1 unspecified atom stereocenters. The lowest BCUT2D eigenvalue weighted by molar-refractivity contribution is -0.167. The lowest BCUT2D eigenvalue weighted by Crippen LogP contribution is -2.30. The number of unbranched alkanes of at least 4 members (excludes halogenated alkanes) is 13. The first kappa shape index (κ1) is 55.3. The van der Waals surface area contributed by atoms with Crippen LogP contribution in [0.15, 0.2) is 146 Å². The van der Waals surface area contributed by atoms with Crippen LogP contribution in [0.5, 0.6) is 0 Å². The zero-order valence-corrected chi connectivity index (χ0v) is 37.6. The van der Waals surface area contributed by atoms with Gasteiger partial charge in [-0.1, -0.05) is 231 Å². The largest absolute Gasteiger partial charge is 0.462 e. The quantitative estimate of drug-likeness (QED) is 0.0267. The van der Waals surface area contributed by atoms with Gasteiger partial charge in [0.15, 0.2) is 6.10 Å². The monoisotopic (exact) mass is 825 g/mol. The summed E-state index contributed by atoms with van der Waals surface area (Å²) in [6.45, 7) is 6.19. The first-order valence-corrected chi connectivity index (χ1v) is 23.0. The van der Waals surface area contributed by atoms with Crippen molar-refractivity contribution in [2.75, 3.05) is 13.2 Å². The van der Waals surface area contributed by atoms with Crippen molar-refractivity contribution in [3.05, 3.63) is 146 Å². The van der Waals surface area contributed by atoms with Crippen LogP contribution in [0.1, 0.15) is 156 Å². The minimum absolute atomic E-state index is 0.127. The van der Waals surface area contributed by atoms with Crippen molar-refractivity contribution in [1.82, 2.24) is 0 Å². The maximum Gasteiger partial charge on any atom is 0.306 e. The topological polar surface area (TPSA) is 78.9 Å². The number of allylic oxidation sites excluding steroid dienone is 24. The van der Waals surface area contributed by atoms with Crippen molar-refractivity contribution < 1.29 is 28.6 Å². The van der Waals surface area contributed by atoms with Crippen molar-refractivity contribution in [3.63, 3.8) is 0 Å². The van der Waals surface area contributed by atoms with Gasteiger partial charge in [-0.15, -0.1) is 0 Å². The fourth-order valence-corrected chi connectivity index (χ4v) is 5.51. The molecule has 0 aliphatic heterocycles. The van der Waals surface area contributed by atoms with Crippen molar-refractivity contribution >= 4 is 17.9 Å². The van der Waals surface area contributed by atoms with Crippen molar-refractivity contribution in [2.45, 2.75) is 162 Å². The van der Waals surface area contributed by atoms with Crippen molar-refractivity contribution in [1.29, 1.82) is 0 Å². The SMILES string of the molecule is CC\C=C/C=C\C=C/C=C\C=C/CCCC(=O)OC(COC(=O)CCCCC\C=C/C=C\C=C\C=C/C=C\C=C/C=C\CC)COC(=O)CCCCCCCCCCCC. The molecule has 0 aromatic carbocycles. The zero-order valence-electron chi connectivity index (χ0n) is 37.6. The van der Waals surface area contributed by atoms with Crippen LogP contribution >= 0.6 is 0 Å². The summed E-state index contributed by atoms with van der Waals surface area (Å²) in [5, 5.41) is 0. The highest BCUT2D eigenvalue weighted by Crippen LogP contribution is 2.12. The van der Waals surface area contributed by atoms with E-state index in [0.29, 0.717) is 19.3 Å². The molecule has 1 atom stereocenters. The van der Waals surface area contributed by atoms with Gasteiger partial charge in [0, 0.05) is 19.3 Å². The molecule has 332 valence electrons. The van der Waals surface area contributed by atoms with Crippen LogP contribution in [-0.2, 0) is 28.6 Å². The average molecular weight is 825 g/mol. The van der Waals surface area contributed by atoms with E-state index < -0.39 is 12.1 Å². The fraction of sp³-hybridized carbons (Fsp3) is 0.500. The Hall–Kier alpha value is -4.71. The maximum absolute atomic E-state index is 12.7. The summed E-state index contributed by atoms with van der Waals surface area (Å²) in [6, 6.07) is 0. The number of carbonyl (C=O) groups is 3. The summed E-state index contributed by atoms with van der Waals surface area (Å²) in [5.74, 6) is -1.07. The Balaban J connectivity index is 4.61. The molecule has 0 aromatic rings. The van der Waals surface area contributed by atoms with Gasteiger partial charge in [0.05, 0.1) is 0 Å². The molecule has 0 fully saturated rings. The molecule has 0 saturated heterocycles. The van der Waals surface area contributed by atoms with Crippen LogP contribution in [0.2, 0.25) is 0 Å². The molecule has 0 N–H and O–H groups in total. The molecule has 0 rings (SSSR count). The Morgan fingerprint density at radius 2 is 0.667 bits per heavy atom. The molecular formula is C54H80O6. The van der Waals surface area contributed by atoms with Crippen LogP contribution in [0, 0.1) is 0 Å². The van der Waals surface area contributed by atoms with E-state index in [1.54, 1.807) is 0 Å². The number of ether oxygens (including phenoxy) is 3. The molecule has 0 aromatic heterocycles. The van der Waals surface area contributed by atoms with Gasteiger partial charge in [-0.2, -0.15) is 0 Å². The summed E-state index contributed by atoms with van der Waals surface area (Å²) >= 11 is 0. The first-order chi connectivity index (χ1) is 29.5. The van der Waals surface area contributed by atoms with Gasteiger partial charge in [-0.25, -0.2) is 0 Å². The summed E-state index contributed by atoms with van der Waals surface area (Å²) in [6.07, 6.45) is 66.9. The van der Waals surface area contributed by atoms with Crippen LogP contribution in [0.3, 0.4) is 0 Å². The number of carbonyl (C=O) groups excluding carboxylic acids is 3. The predicted molar refractivity (Wildman–Crippen MR) is 255 cm³/mol. The normalized spacial score (nSPS) is 13.4. The highest BCUT2D eigenvalue weighted by Gasteiger charge is 2.19. The van der Waals surface area contributed by atoms with Gasteiger partial charge in [-0.3, -0.25) is 14.4 Å². The average Bonchev–Trinajstić information content (AvgIpc) is 3.24. The summed E-state index contributed by atoms with van der Waals surface area (Å²) in [5.41, 5.74) is 0. The number of rotatable bonds is 38. The fourth-order valence-electron chi connectivity index (χ4n) is 5.51. The van der Waals surface area contributed by atoms with Crippen molar-refractivity contribution in [2.24, 2.45) is 0 Å². The number of hydrogen-bond donors (Lipinski definition) is 0. The van der Waals surface area contributed by atoms with E-state index in [4.69, 9.17) is 14.2 Å². The molecule has 0 saturated carbocycles. The van der Waals surface area contributed by atoms with Crippen LogP contribution in [0.25, 0.3) is 0 Å².